The molecule has 1 aromatic rings. The van der Waals surface area contributed by atoms with Crippen LogP contribution in [0.1, 0.15) is 38.4 Å². The molecule has 110 valence electrons. The molecule has 5 nitrogen and oxygen atoms in total. The highest BCUT2D eigenvalue weighted by Crippen LogP contribution is 2.22. The maximum absolute atomic E-state index is 12.1. The second-order valence-corrected chi connectivity index (χ2v) is 4.60. The van der Waals surface area contributed by atoms with Gasteiger partial charge in [-0.15, -0.1) is 0 Å². The van der Waals surface area contributed by atoms with Crippen LogP contribution >= 0.6 is 0 Å². The minimum absolute atomic E-state index is 0.0699. The minimum atomic E-state index is -4.25. The minimum Gasteiger partial charge on any atom is -0.379 e. The molecule has 1 rings (SSSR count). The molecule has 0 aromatic carbocycles. The summed E-state index contributed by atoms with van der Waals surface area (Å²) in [7, 11) is 0. The number of nitrogens with zero attached hydrogens (tertiary/aromatic N) is 2. The number of nitrogens with two attached hydrogens (primary N) is 1. The zero-order chi connectivity index (χ0) is 14.5. The quantitative estimate of drug-likeness (QED) is 0.775. The molecule has 2 N–H and O–H groups in total. The van der Waals surface area contributed by atoms with Gasteiger partial charge in [0, 0.05) is 13.0 Å². The van der Waals surface area contributed by atoms with Gasteiger partial charge in [0.25, 0.3) is 0 Å². The number of hydrogen-bond donors (Lipinski definition) is 1. The van der Waals surface area contributed by atoms with Crippen molar-refractivity contribution < 1.29 is 22.4 Å². The summed E-state index contributed by atoms with van der Waals surface area (Å²) >= 11 is 0. The summed E-state index contributed by atoms with van der Waals surface area (Å²) in [4.78, 5) is 3.88. The highest BCUT2D eigenvalue weighted by Gasteiger charge is 2.30. The first-order valence-electron chi connectivity index (χ1n) is 6.01. The van der Waals surface area contributed by atoms with Crippen molar-refractivity contribution in [3.05, 3.63) is 11.7 Å². The third-order valence-corrected chi connectivity index (χ3v) is 2.35. The van der Waals surface area contributed by atoms with Gasteiger partial charge in [0.15, 0.2) is 5.82 Å². The van der Waals surface area contributed by atoms with Crippen LogP contribution in [0.25, 0.3) is 0 Å². The van der Waals surface area contributed by atoms with Crippen LogP contribution in [0, 0.1) is 0 Å². The van der Waals surface area contributed by atoms with E-state index in [0.29, 0.717) is 6.61 Å². The molecule has 19 heavy (non-hydrogen) atoms. The fourth-order valence-electron chi connectivity index (χ4n) is 1.33. The van der Waals surface area contributed by atoms with Gasteiger partial charge in [-0.25, -0.2) is 0 Å². The fourth-order valence-corrected chi connectivity index (χ4v) is 1.33. The van der Waals surface area contributed by atoms with E-state index in [-0.39, 0.29) is 24.7 Å². The molecule has 0 aliphatic heterocycles. The van der Waals surface area contributed by atoms with Crippen LogP contribution < -0.4 is 5.73 Å². The van der Waals surface area contributed by atoms with Gasteiger partial charge in [0.1, 0.15) is 5.54 Å². The molecule has 1 atom stereocenters. The van der Waals surface area contributed by atoms with Crippen molar-refractivity contribution in [1.82, 2.24) is 10.1 Å². The van der Waals surface area contributed by atoms with Crippen LogP contribution in [-0.4, -0.2) is 29.5 Å². The number of hydrogen-bond acceptors (Lipinski definition) is 5. The molecule has 0 saturated heterocycles. The molecule has 1 heterocycles. The average Bonchev–Trinajstić information content (AvgIpc) is 2.75. The van der Waals surface area contributed by atoms with Crippen molar-refractivity contribution >= 4 is 0 Å². The maximum Gasteiger partial charge on any atom is 0.389 e. The summed E-state index contributed by atoms with van der Waals surface area (Å²) in [6.07, 6.45) is -4.74. The van der Waals surface area contributed by atoms with E-state index in [4.69, 9.17) is 15.0 Å². The van der Waals surface area contributed by atoms with Crippen molar-refractivity contribution in [2.45, 2.75) is 44.8 Å². The van der Waals surface area contributed by atoms with E-state index in [1.54, 1.807) is 6.92 Å². The molecular weight excluding hydrogens is 263 g/mol. The van der Waals surface area contributed by atoms with Crippen LogP contribution in [0.15, 0.2) is 4.52 Å². The number of aryl methyl sites for hydroxylation is 1. The number of ether oxygens (including phenoxy) is 1. The monoisotopic (exact) mass is 281 g/mol. The van der Waals surface area contributed by atoms with Gasteiger partial charge in [0.2, 0.25) is 5.89 Å². The normalized spacial score (nSPS) is 15.5. The first kappa shape index (κ1) is 15.9. The molecule has 0 amide bonds. The number of halogens is 3. The molecule has 0 aliphatic rings. The molecule has 0 spiro atoms. The van der Waals surface area contributed by atoms with Gasteiger partial charge in [0.05, 0.1) is 13.0 Å². The van der Waals surface area contributed by atoms with E-state index in [0.717, 1.165) is 6.42 Å². The largest absolute Gasteiger partial charge is 0.389 e. The number of rotatable bonds is 7. The molecule has 0 aliphatic carbocycles. The third-order valence-electron chi connectivity index (χ3n) is 2.35. The Morgan fingerprint density at radius 2 is 2.05 bits per heavy atom. The lowest BCUT2D eigenvalue weighted by Gasteiger charge is -2.19. The van der Waals surface area contributed by atoms with Gasteiger partial charge in [-0.3, -0.25) is 0 Å². The first-order chi connectivity index (χ1) is 8.74. The number of aromatic nitrogens is 2. The van der Waals surface area contributed by atoms with E-state index in [1.807, 2.05) is 6.92 Å². The lowest BCUT2D eigenvalue weighted by molar-refractivity contribution is -0.134. The van der Waals surface area contributed by atoms with Gasteiger partial charge in [-0.05, 0) is 13.3 Å². The summed E-state index contributed by atoms with van der Waals surface area (Å²) in [5.74, 6) is 0.0836. The molecule has 1 unspecified atom stereocenters. The predicted molar refractivity (Wildman–Crippen MR) is 61.3 cm³/mol. The highest BCUT2D eigenvalue weighted by molar-refractivity contribution is 5.01. The second kappa shape index (κ2) is 6.33. The molecule has 0 fully saturated rings. The van der Waals surface area contributed by atoms with Crippen LogP contribution in [0.2, 0.25) is 0 Å². The van der Waals surface area contributed by atoms with Crippen molar-refractivity contribution in [1.29, 1.82) is 0 Å². The van der Waals surface area contributed by atoms with Gasteiger partial charge < -0.3 is 15.0 Å². The van der Waals surface area contributed by atoms with E-state index in [9.17, 15) is 13.2 Å². The van der Waals surface area contributed by atoms with Crippen LogP contribution in [-0.2, 0) is 16.7 Å². The topological polar surface area (TPSA) is 74.2 Å². The number of alkyl halides is 3. The Labute approximate surface area is 109 Å². The lowest BCUT2D eigenvalue weighted by Crippen LogP contribution is -2.39. The van der Waals surface area contributed by atoms with E-state index >= 15 is 0 Å². The Kier molecular flexibility index (Phi) is 5.30. The van der Waals surface area contributed by atoms with E-state index in [1.165, 1.54) is 0 Å². The molecule has 8 heteroatoms. The Bertz CT molecular complexity index is 391. The van der Waals surface area contributed by atoms with Gasteiger partial charge in [-0.2, -0.15) is 18.2 Å². The van der Waals surface area contributed by atoms with Crippen molar-refractivity contribution in [3.8, 4) is 0 Å². The fraction of sp³-hybridized carbons (Fsp3) is 0.818. The maximum atomic E-state index is 12.1. The molecular formula is C11H18F3N3O2. The highest BCUT2D eigenvalue weighted by atomic mass is 19.4. The molecule has 0 radical (unpaired) electrons. The second-order valence-electron chi connectivity index (χ2n) is 4.60. The third kappa shape index (κ3) is 5.56. The predicted octanol–water partition coefficient (Wildman–Crippen LogP) is 2.17. The van der Waals surface area contributed by atoms with Crippen molar-refractivity contribution in [2.24, 2.45) is 5.73 Å². The average molecular weight is 281 g/mol. The van der Waals surface area contributed by atoms with Crippen LogP contribution in [0.5, 0.6) is 0 Å². The van der Waals surface area contributed by atoms with Gasteiger partial charge >= 0.3 is 6.18 Å². The zero-order valence-corrected chi connectivity index (χ0v) is 11.0. The summed E-state index contributed by atoms with van der Waals surface area (Å²) in [5.41, 5.74) is 4.96. The van der Waals surface area contributed by atoms with Crippen LogP contribution in [0.3, 0.4) is 0 Å². The Morgan fingerprint density at radius 1 is 1.37 bits per heavy atom. The standard InChI is InChI=1S/C11H18F3N3O2/c1-3-6-18-7-10(2,15)9-16-8(19-17-9)4-5-11(12,13)14/h3-7,15H2,1-2H3. The SMILES string of the molecule is CCCOCC(C)(N)c1noc(CCC(F)(F)F)n1. The Morgan fingerprint density at radius 3 is 2.63 bits per heavy atom. The lowest BCUT2D eigenvalue weighted by atomic mass is 10.1. The molecule has 1 aromatic heterocycles. The van der Waals surface area contributed by atoms with E-state index in [2.05, 4.69) is 10.1 Å². The first-order valence-corrected chi connectivity index (χ1v) is 6.01. The summed E-state index contributed by atoms with van der Waals surface area (Å²) in [5, 5.41) is 3.61. The summed E-state index contributed by atoms with van der Waals surface area (Å²) in [6, 6.07) is 0. The smallest absolute Gasteiger partial charge is 0.379 e. The molecule has 0 bridgehead atoms. The van der Waals surface area contributed by atoms with E-state index < -0.39 is 18.1 Å². The summed E-state index contributed by atoms with van der Waals surface area (Å²) in [6.45, 7) is 4.32. The van der Waals surface area contributed by atoms with Gasteiger partial charge in [-0.1, -0.05) is 12.1 Å². The Balaban J connectivity index is 2.57. The van der Waals surface area contributed by atoms with Crippen molar-refractivity contribution in [3.63, 3.8) is 0 Å². The van der Waals surface area contributed by atoms with Crippen molar-refractivity contribution in [2.75, 3.05) is 13.2 Å². The summed E-state index contributed by atoms with van der Waals surface area (Å²) < 4.78 is 46.2. The molecule has 0 saturated carbocycles. The Hall–Kier alpha value is -1.15. The van der Waals surface area contributed by atoms with Crippen LogP contribution in [0.4, 0.5) is 13.2 Å². The zero-order valence-electron chi connectivity index (χ0n) is 11.0.